The number of carbonyl (C=O) groups excluding carboxylic acids is 1. The van der Waals surface area contributed by atoms with Crippen molar-refractivity contribution in [3.05, 3.63) is 22.9 Å². The van der Waals surface area contributed by atoms with Crippen LogP contribution in [-0.4, -0.2) is 25.2 Å². The number of esters is 1. The zero-order valence-corrected chi connectivity index (χ0v) is 9.38. The summed E-state index contributed by atoms with van der Waals surface area (Å²) in [6.45, 7) is 1.35. The zero-order chi connectivity index (χ0) is 13.2. The molecule has 7 heteroatoms. The van der Waals surface area contributed by atoms with E-state index in [9.17, 15) is 18.0 Å². The van der Waals surface area contributed by atoms with Crippen LogP contribution in [0.3, 0.4) is 0 Å². The van der Waals surface area contributed by atoms with Gasteiger partial charge >= 0.3 is 12.1 Å². The highest BCUT2D eigenvalue weighted by Crippen LogP contribution is 2.32. The fraction of sp³-hybridized carbons (Fsp3) is 0.400. The van der Waals surface area contributed by atoms with Gasteiger partial charge in [0.2, 0.25) is 5.88 Å². The maximum Gasteiger partial charge on any atom is 0.433 e. The number of rotatable bonds is 2. The number of methoxy groups -OCH3 is 2. The average Bonchev–Trinajstić information content (AvgIpc) is 2.25. The van der Waals surface area contributed by atoms with Crippen LogP contribution in [0.1, 0.15) is 21.6 Å². The Kier molecular flexibility index (Phi) is 3.59. The van der Waals surface area contributed by atoms with Gasteiger partial charge in [-0.25, -0.2) is 9.78 Å². The van der Waals surface area contributed by atoms with Gasteiger partial charge in [0.05, 0.1) is 14.2 Å². The van der Waals surface area contributed by atoms with Crippen molar-refractivity contribution in [3.8, 4) is 5.88 Å². The second-order valence-electron chi connectivity index (χ2n) is 3.20. The van der Waals surface area contributed by atoms with E-state index in [1.165, 1.54) is 6.92 Å². The van der Waals surface area contributed by atoms with Crippen LogP contribution in [0.25, 0.3) is 0 Å². The SMILES string of the molecule is COC(=O)c1c(C)cc(C(F)(F)F)nc1OC. The van der Waals surface area contributed by atoms with Gasteiger partial charge in [0.15, 0.2) is 0 Å². The van der Waals surface area contributed by atoms with Crippen LogP contribution in [0.4, 0.5) is 13.2 Å². The third-order valence-corrected chi connectivity index (χ3v) is 2.06. The highest BCUT2D eigenvalue weighted by Gasteiger charge is 2.35. The van der Waals surface area contributed by atoms with Crippen LogP contribution < -0.4 is 4.74 Å². The Morgan fingerprint density at radius 3 is 2.35 bits per heavy atom. The van der Waals surface area contributed by atoms with E-state index >= 15 is 0 Å². The Morgan fingerprint density at radius 1 is 1.35 bits per heavy atom. The summed E-state index contributed by atoms with van der Waals surface area (Å²) in [4.78, 5) is 14.6. The van der Waals surface area contributed by atoms with E-state index in [2.05, 4.69) is 14.5 Å². The summed E-state index contributed by atoms with van der Waals surface area (Å²) in [5.74, 6) is -1.19. The van der Waals surface area contributed by atoms with Crippen LogP contribution in [0.5, 0.6) is 5.88 Å². The van der Waals surface area contributed by atoms with Gasteiger partial charge in [0, 0.05) is 0 Å². The van der Waals surface area contributed by atoms with Gasteiger partial charge in [-0.2, -0.15) is 13.2 Å². The molecule has 0 N–H and O–H groups in total. The fourth-order valence-corrected chi connectivity index (χ4v) is 1.29. The Balaban J connectivity index is 3.41. The molecule has 94 valence electrons. The molecule has 0 aliphatic rings. The van der Waals surface area contributed by atoms with E-state index < -0.39 is 23.7 Å². The summed E-state index contributed by atoms with van der Waals surface area (Å²) in [5, 5.41) is 0. The maximum atomic E-state index is 12.5. The molecule has 4 nitrogen and oxygen atoms in total. The highest BCUT2D eigenvalue weighted by atomic mass is 19.4. The lowest BCUT2D eigenvalue weighted by Gasteiger charge is -2.12. The van der Waals surface area contributed by atoms with Gasteiger partial charge in [-0.3, -0.25) is 0 Å². The summed E-state index contributed by atoms with van der Waals surface area (Å²) in [7, 11) is 2.26. The Labute approximate surface area is 95.4 Å². The molecule has 0 radical (unpaired) electrons. The molecule has 17 heavy (non-hydrogen) atoms. The molecule has 1 rings (SSSR count). The zero-order valence-electron chi connectivity index (χ0n) is 9.38. The van der Waals surface area contributed by atoms with Crippen molar-refractivity contribution in [2.45, 2.75) is 13.1 Å². The molecule has 0 unspecified atom stereocenters. The number of hydrogen-bond acceptors (Lipinski definition) is 4. The summed E-state index contributed by atoms with van der Waals surface area (Å²) < 4.78 is 46.5. The normalized spacial score (nSPS) is 11.2. The van der Waals surface area contributed by atoms with Crippen LogP contribution in [0.15, 0.2) is 6.07 Å². The number of ether oxygens (including phenoxy) is 2. The average molecular weight is 249 g/mol. The lowest BCUT2D eigenvalue weighted by atomic mass is 10.1. The van der Waals surface area contributed by atoms with Crippen molar-refractivity contribution in [2.75, 3.05) is 14.2 Å². The molecular weight excluding hydrogens is 239 g/mol. The number of aromatic nitrogens is 1. The number of nitrogens with zero attached hydrogens (tertiary/aromatic N) is 1. The predicted octanol–water partition coefficient (Wildman–Crippen LogP) is 2.20. The molecule has 0 saturated carbocycles. The number of carbonyl (C=O) groups is 1. The van der Waals surface area contributed by atoms with Gasteiger partial charge < -0.3 is 9.47 Å². The first kappa shape index (κ1) is 13.3. The molecule has 0 aromatic carbocycles. The summed E-state index contributed by atoms with van der Waals surface area (Å²) in [6.07, 6.45) is -4.59. The van der Waals surface area contributed by atoms with E-state index in [1.54, 1.807) is 0 Å². The maximum absolute atomic E-state index is 12.5. The van der Waals surface area contributed by atoms with Crippen molar-refractivity contribution in [1.82, 2.24) is 4.98 Å². The minimum Gasteiger partial charge on any atom is -0.480 e. The first-order valence-electron chi connectivity index (χ1n) is 4.52. The quantitative estimate of drug-likeness (QED) is 0.754. The molecular formula is C10H10F3NO3. The monoisotopic (exact) mass is 249 g/mol. The molecule has 1 heterocycles. The van der Waals surface area contributed by atoms with Crippen molar-refractivity contribution in [3.63, 3.8) is 0 Å². The molecule has 0 aliphatic carbocycles. The van der Waals surface area contributed by atoms with Gasteiger partial charge in [-0.05, 0) is 18.6 Å². The summed E-state index contributed by atoms with van der Waals surface area (Å²) in [5.41, 5.74) is -1.13. The third-order valence-electron chi connectivity index (χ3n) is 2.06. The molecule has 0 atom stereocenters. The van der Waals surface area contributed by atoms with E-state index in [0.29, 0.717) is 0 Å². The van der Waals surface area contributed by atoms with Crippen molar-refractivity contribution < 1.29 is 27.4 Å². The van der Waals surface area contributed by atoms with E-state index in [0.717, 1.165) is 20.3 Å². The molecule has 0 fully saturated rings. The summed E-state index contributed by atoms with van der Waals surface area (Å²) >= 11 is 0. The molecule has 0 spiro atoms. The van der Waals surface area contributed by atoms with E-state index in [-0.39, 0.29) is 11.1 Å². The van der Waals surface area contributed by atoms with E-state index in [4.69, 9.17) is 0 Å². The molecule has 1 aromatic heterocycles. The largest absolute Gasteiger partial charge is 0.480 e. The fourth-order valence-electron chi connectivity index (χ4n) is 1.29. The molecule has 0 saturated heterocycles. The van der Waals surface area contributed by atoms with Gasteiger partial charge in [-0.1, -0.05) is 0 Å². The smallest absolute Gasteiger partial charge is 0.433 e. The number of aryl methyl sites for hydroxylation is 1. The van der Waals surface area contributed by atoms with Crippen molar-refractivity contribution in [1.29, 1.82) is 0 Å². The van der Waals surface area contributed by atoms with Crippen LogP contribution >= 0.6 is 0 Å². The van der Waals surface area contributed by atoms with Gasteiger partial charge in [0.1, 0.15) is 11.3 Å². The second kappa shape index (κ2) is 4.60. The van der Waals surface area contributed by atoms with Gasteiger partial charge in [-0.15, -0.1) is 0 Å². The lowest BCUT2D eigenvalue weighted by molar-refractivity contribution is -0.141. The minimum absolute atomic E-state index is 0.0935. The Hall–Kier alpha value is -1.79. The van der Waals surface area contributed by atoms with Crippen molar-refractivity contribution in [2.24, 2.45) is 0 Å². The Morgan fingerprint density at radius 2 is 1.94 bits per heavy atom. The van der Waals surface area contributed by atoms with Crippen LogP contribution in [0.2, 0.25) is 0 Å². The third kappa shape index (κ3) is 2.66. The van der Waals surface area contributed by atoms with E-state index in [1.807, 2.05) is 0 Å². The standard InChI is InChI=1S/C10H10F3NO3/c1-5-4-6(10(11,12)13)14-8(16-2)7(5)9(15)17-3/h4H,1-3H3. The van der Waals surface area contributed by atoms with Crippen LogP contribution in [-0.2, 0) is 10.9 Å². The topological polar surface area (TPSA) is 48.4 Å². The molecule has 1 aromatic rings. The molecule has 0 amide bonds. The van der Waals surface area contributed by atoms with Gasteiger partial charge in [0.25, 0.3) is 0 Å². The number of alkyl halides is 3. The number of halogens is 3. The number of pyridine rings is 1. The minimum atomic E-state index is -4.59. The summed E-state index contributed by atoms with van der Waals surface area (Å²) in [6, 6.07) is 0.773. The first-order chi connectivity index (χ1) is 7.81. The second-order valence-corrected chi connectivity index (χ2v) is 3.20. The lowest BCUT2D eigenvalue weighted by Crippen LogP contribution is -2.14. The predicted molar refractivity (Wildman–Crippen MR) is 51.9 cm³/mol. The molecule has 0 bridgehead atoms. The molecule has 0 aliphatic heterocycles. The number of hydrogen-bond donors (Lipinski definition) is 0. The van der Waals surface area contributed by atoms with Crippen LogP contribution in [0, 0.1) is 6.92 Å². The van der Waals surface area contributed by atoms with Crippen molar-refractivity contribution >= 4 is 5.97 Å². The highest BCUT2D eigenvalue weighted by molar-refractivity contribution is 5.93. The first-order valence-corrected chi connectivity index (χ1v) is 4.52. The Bertz CT molecular complexity index is 443.